The summed E-state index contributed by atoms with van der Waals surface area (Å²) in [6.07, 6.45) is 1.71. The smallest absolute Gasteiger partial charge is 0.166 e. The molecule has 0 fully saturated rings. The van der Waals surface area contributed by atoms with E-state index in [1.54, 1.807) is 12.4 Å². The highest BCUT2D eigenvalue weighted by atomic mass is 35.5. The molecule has 84 valence electrons. The highest BCUT2D eigenvalue weighted by molar-refractivity contribution is 6.30. The summed E-state index contributed by atoms with van der Waals surface area (Å²) in [6, 6.07) is 11.1. The van der Waals surface area contributed by atoms with Crippen molar-refractivity contribution in [1.29, 1.82) is 0 Å². The number of nitrogens with zero attached hydrogens (tertiary/aromatic N) is 3. The second-order valence-corrected chi connectivity index (χ2v) is 4.39. The molecule has 1 aromatic carbocycles. The van der Waals surface area contributed by atoms with Crippen LogP contribution in [0.1, 0.15) is 0 Å². The van der Waals surface area contributed by atoms with Crippen LogP contribution in [0.2, 0.25) is 10.2 Å². The van der Waals surface area contributed by atoms with Crippen LogP contribution in [0.15, 0.2) is 42.7 Å². The van der Waals surface area contributed by atoms with Crippen molar-refractivity contribution >= 4 is 34.4 Å². The molecule has 17 heavy (non-hydrogen) atoms. The normalized spacial score (nSPS) is 10.9. The van der Waals surface area contributed by atoms with Crippen LogP contribution in [0.25, 0.3) is 16.9 Å². The molecule has 0 unspecified atom stereocenters. The van der Waals surface area contributed by atoms with Crippen molar-refractivity contribution < 1.29 is 0 Å². The fraction of sp³-hybridized carbons (Fsp3) is 0. The molecule has 2 aromatic heterocycles. The summed E-state index contributed by atoms with van der Waals surface area (Å²) >= 11 is 11.9. The Kier molecular flexibility index (Phi) is 2.50. The predicted octanol–water partition coefficient (Wildman–Crippen LogP) is 3.73. The third-order valence-electron chi connectivity index (χ3n) is 2.45. The highest BCUT2D eigenvalue weighted by Crippen LogP contribution is 2.20. The van der Waals surface area contributed by atoms with Crippen LogP contribution in [-0.2, 0) is 0 Å². The van der Waals surface area contributed by atoms with E-state index in [4.69, 9.17) is 23.2 Å². The van der Waals surface area contributed by atoms with Gasteiger partial charge in [0, 0.05) is 5.02 Å². The van der Waals surface area contributed by atoms with Crippen LogP contribution in [0.5, 0.6) is 0 Å². The SMILES string of the molecule is Clc1cccc(-n2cnc3ccc(Cl)nc32)c1. The highest BCUT2D eigenvalue weighted by Gasteiger charge is 2.06. The summed E-state index contributed by atoms with van der Waals surface area (Å²) in [7, 11) is 0. The Morgan fingerprint density at radius 3 is 2.76 bits per heavy atom. The molecule has 0 aliphatic heterocycles. The first-order chi connectivity index (χ1) is 8.24. The van der Waals surface area contributed by atoms with E-state index in [0.29, 0.717) is 10.2 Å². The quantitative estimate of drug-likeness (QED) is 0.627. The van der Waals surface area contributed by atoms with Crippen molar-refractivity contribution in [3.05, 3.63) is 52.9 Å². The first-order valence-corrected chi connectivity index (χ1v) is 5.75. The molecule has 0 aliphatic rings. The number of aromatic nitrogens is 3. The molecule has 0 bridgehead atoms. The number of imidazole rings is 1. The minimum Gasteiger partial charge on any atom is -0.283 e. The van der Waals surface area contributed by atoms with Crippen LogP contribution < -0.4 is 0 Å². The van der Waals surface area contributed by atoms with Gasteiger partial charge in [-0.3, -0.25) is 4.57 Å². The Morgan fingerprint density at radius 1 is 1.06 bits per heavy atom. The molecule has 0 saturated heterocycles. The first kappa shape index (κ1) is 10.6. The Balaban J connectivity index is 2.27. The zero-order chi connectivity index (χ0) is 11.8. The lowest BCUT2D eigenvalue weighted by molar-refractivity contribution is 1.07. The lowest BCUT2D eigenvalue weighted by Crippen LogP contribution is -1.93. The Morgan fingerprint density at radius 2 is 1.94 bits per heavy atom. The summed E-state index contributed by atoms with van der Waals surface area (Å²) in [6.45, 7) is 0. The average Bonchev–Trinajstić information content (AvgIpc) is 2.71. The molecule has 0 radical (unpaired) electrons. The fourth-order valence-electron chi connectivity index (χ4n) is 1.69. The van der Waals surface area contributed by atoms with E-state index in [1.807, 2.05) is 34.9 Å². The van der Waals surface area contributed by atoms with Crippen LogP contribution in [0.4, 0.5) is 0 Å². The van der Waals surface area contributed by atoms with Crippen molar-refractivity contribution in [1.82, 2.24) is 14.5 Å². The summed E-state index contributed by atoms with van der Waals surface area (Å²) in [4.78, 5) is 8.53. The topological polar surface area (TPSA) is 30.7 Å². The number of benzene rings is 1. The van der Waals surface area contributed by atoms with Gasteiger partial charge in [0.1, 0.15) is 17.0 Å². The van der Waals surface area contributed by atoms with Gasteiger partial charge in [-0.25, -0.2) is 9.97 Å². The molecule has 0 aliphatic carbocycles. The van der Waals surface area contributed by atoms with Gasteiger partial charge >= 0.3 is 0 Å². The largest absolute Gasteiger partial charge is 0.283 e. The first-order valence-electron chi connectivity index (χ1n) is 4.99. The van der Waals surface area contributed by atoms with E-state index in [1.165, 1.54) is 0 Å². The molecular weight excluding hydrogens is 257 g/mol. The Bertz CT molecular complexity index is 691. The summed E-state index contributed by atoms with van der Waals surface area (Å²) < 4.78 is 1.85. The molecule has 5 heteroatoms. The van der Waals surface area contributed by atoms with Gasteiger partial charge in [-0.15, -0.1) is 0 Å². The van der Waals surface area contributed by atoms with Crippen LogP contribution >= 0.6 is 23.2 Å². The average molecular weight is 264 g/mol. The minimum atomic E-state index is 0.446. The third kappa shape index (κ3) is 1.88. The summed E-state index contributed by atoms with van der Waals surface area (Å²) in [5.41, 5.74) is 2.43. The number of hydrogen-bond acceptors (Lipinski definition) is 2. The van der Waals surface area contributed by atoms with Gasteiger partial charge in [-0.2, -0.15) is 0 Å². The summed E-state index contributed by atoms with van der Waals surface area (Å²) in [5, 5.41) is 1.12. The molecule has 0 spiro atoms. The molecule has 0 amide bonds. The van der Waals surface area contributed by atoms with Crippen LogP contribution in [-0.4, -0.2) is 14.5 Å². The molecule has 0 N–H and O–H groups in total. The lowest BCUT2D eigenvalue weighted by Gasteiger charge is -2.03. The molecule has 3 nitrogen and oxygen atoms in total. The molecular formula is C12H7Cl2N3. The van der Waals surface area contributed by atoms with E-state index >= 15 is 0 Å². The van der Waals surface area contributed by atoms with E-state index in [2.05, 4.69) is 9.97 Å². The zero-order valence-corrected chi connectivity index (χ0v) is 10.2. The number of hydrogen-bond donors (Lipinski definition) is 0. The van der Waals surface area contributed by atoms with E-state index in [-0.39, 0.29) is 0 Å². The monoisotopic (exact) mass is 263 g/mol. The number of pyridine rings is 1. The summed E-state index contributed by atoms with van der Waals surface area (Å²) in [5.74, 6) is 0. The van der Waals surface area contributed by atoms with Gasteiger partial charge in [0.25, 0.3) is 0 Å². The van der Waals surface area contributed by atoms with Crippen LogP contribution in [0, 0.1) is 0 Å². The Labute approximate surface area is 108 Å². The molecule has 0 atom stereocenters. The van der Waals surface area contributed by atoms with Crippen molar-refractivity contribution in [2.24, 2.45) is 0 Å². The van der Waals surface area contributed by atoms with Gasteiger partial charge in [0.05, 0.1) is 5.69 Å². The lowest BCUT2D eigenvalue weighted by atomic mass is 10.3. The van der Waals surface area contributed by atoms with Crippen LogP contribution in [0.3, 0.4) is 0 Å². The number of rotatable bonds is 1. The van der Waals surface area contributed by atoms with Gasteiger partial charge in [-0.05, 0) is 30.3 Å². The van der Waals surface area contributed by atoms with E-state index < -0.39 is 0 Å². The maximum atomic E-state index is 5.96. The number of halogens is 2. The van der Waals surface area contributed by atoms with Gasteiger partial charge < -0.3 is 0 Å². The molecule has 3 aromatic rings. The maximum Gasteiger partial charge on any atom is 0.166 e. The van der Waals surface area contributed by atoms with Gasteiger partial charge in [-0.1, -0.05) is 29.3 Å². The molecule has 2 heterocycles. The van der Waals surface area contributed by atoms with E-state index in [0.717, 1.165) is 16.9 Å². The molecule has 3 rings (SSSR count). The Hall–Kier alpha value is -1.58. The third-order valence-corrected chi connectivity index (χ3v) is 2.89. The van der Waals surface area contributed by atoms with Gasteiger partial charge in [0.15, 0.2) is 5.65 Å². The van der Waals surface area contributed by atoms with Crippen molar-refractivity contribution in [2.75, 3.05) is 0 Å². The fourth-order valence-corrected chi connectivity index (χ4v) is 2.01. The number of fused-ring (bicyclic) bond motifs is 1. The van der Waals surface area contributed by atoms with Crippen molar-refractivity contribution in [2.45, 2.75) is 0 Å². The minimum absolute atomic E-state index is 0.446. The predicted molar refractivity (Wildman–Crippen MR) is 68.9 cm³/mol. The van der Waals surface area contributed by atoms with E-state index in [9.17, 15) is 0 Å². The maximum absolute atomic E-state index is 5.96. The second kappa shape index (κ2) is 4.02. The van der Waals surface area contributed by atoms with Gasteiger partial charge in [0.2, 0.25) is 0 Å². The van der Waals surface area contributed by atoms with Crippen molar-refractivity contribution in [3.63, 3.8) is 0 Å². The zero-order valence-electron chi connectivity index (χ0n) is 8.64. The standard InChI is InChI=1S/C12H7Cl2N3/c13-8-2-1-3-9(6-8)17-7-15-10-4-5-11(14)16-12(10)17/h1-7H. The second-order valence-electron chi connectivity index (χ2n) is 3.57. The van der Waals surface area contributed by atoms with Crippen molar-refractivity contribution in [3.8, 4) is 5.69 Å². The molecule has 0 saturated carbocycles.